The number of methoxy groups -OCH3 is 1. The summed E-state index contributed by atoms with van der Waals surface area (Å²) in [7, 11) is 3.09. The average molecular weight is 426 g/mol. The van der Waals surface area contributed by atoms with Crippen molar-refractivity contribution in [3.05, 3.63) is 0 Å². The SMILES string of the molecule is CN=C(NCC(C)C(=O)OC)N1CCCC(CC(N)=O)C1.I. The third-order valence-electron chi connectivity index (χ3n) is 3.69. The lowest BCUT2D eigenvalue weighted by atomic mass is 9.95. The van der Waals surface area contributed by atoms with Crippen molar-refractivity contribution in [2.45, 2.75) is 26.2 Å². The van der Waals surface area contributed by atoms with Gasteiger partial charge in [0.15, 0.2) is 5.96 Å². The molecule has 1 aliphatic rings. The topological polar surface area (TPSA) is 97.0 Å². The van der Waals surface area contributed by atoms with Crippen LogP contribution in [0.15, 0.2) is 4.99 Å². The maximum absolute atomic E-state index is 11.4. The first-order chi connectivity index (χ1) is 9.97. The summed E-state index contributed by atoms with van der Waals surface area (Å²) in [5, 5.41) is 3.19. The summed E-state index contributed by atoms with van der Waals surface area (Å²) in [5.41, 5.74) is 5.27. The van der Waals surface area contributed by atoms with Gasteiger partial charge < -0.3 is 20.7 Å². The van der Waals surface area contributed by atoms with Gasteiger partial charge in [-0.25, -0.2) is 0 Å². The van der Waals surface area contributed by atoms with Gasteiger partial charge in [-0.15, -0.1) is 24.0 Å². The van der Waals surface area contributed by atoms with Crippen molar-refractivity contribution >= 4 is 41.8 Å². The summed E-state index contributed by atoms with van der Waals surface area (Å²) in [6, 6.07) is 0. The van der Waals surface area contributed by atoms with E-state index < -0.39 is 0 Å². The Morgan fingerprint density at radius 2 is 2.18 bits per heavy atom. The number of guanidine groups is 1. The van der Waals surface area contributed by atoms with Gasteiger partial charge in [-0.05, 0) is 18.8 Å². The van der Waals surface area contributed by atoms with Crippen molar-refractivity contribution in [2.24, 2.45) is 22.6 Å². The van der Waals surface area contributed by atoms with Gasteiger partial charge >= 0.3 is 5.97 Å². The standard InChI is InChI=1S/C14H26N4O3.HI/c1-10(13(20)21-3)8-17-14(16-2)18-6-4-5-11(9-18)7-12(15)19;/h10-11H,4-9H2,1-3H3,(H2,15,19)(H,16,17);1H. The Morgan fingerprint density at radius 1 is 1.50 bits per heavy atom. The molecule has 0 aromatic heterocycles. The number of carbonyl (C=O) groups excluding carboxylic acids is 2. The molecule has 0 aromatic rings. The quantitative estimate of drug-likeness (QED) is 0.290. The smallest absolute Gasteiger partial charge is 0.310 e. The molecule has 1 rings (SSSR count). The summed E-state index contributed by atoms with van der Waals surface area (Å²) in [4.78, 5) is 28.8. The molecule has 0 radical (unpaired) electrons. The van der Waals surface area contributed by atoms with Crippen LogP contribution < -0.4 is 11.1 Å². The van der Waals surface area contributed by atoms with Crippen molar-refractivity contribution in [3.63, 3.8) is 0 Å². The number of nitrogens with two attached hydrogens (primary N) is 1. The van der Waals surface area contributed by atoms with Crippen LogP contribution in [0.25, 0.3) is 0 Å². The lowest BCUT2D eigenvalue weighted by molar-refractivity contribution is -0.144. The number of nitrogens with one attached hydrogen (secondary N) is 1. The van der Waals surface area contributed by atoms with Crippen LogP contribution in [0, 0.1) is 11.8 Å². The normalized spacial score (nSPS) is 19.9. The number of carbonyl (C=O) groups is 2. The fraction of sp³-hybridized carbons (Fsp3) is 0.786. The van der Waals surface area contributed by atoms with Gasteiger partial charge in [0, 0.05) is 33.1 Å². The molecule has 128 valence electrons. The Bertz CT molecular complexity index is 404. The number of amides is 1. The molecule has 0 aromatic carbocycles. The predicted octanol–water partition coefficient (Wildman–Crippen LogP) is 0.576. The lowest BCUT2D eigenvalue weighted by Gasteiger charge is -2.34. The average Bonchev–Trinajstić information content (AvgIpc) is 2.46. The highest BCUT2D eigenvalue weighted by Crippen LogP contribution is 2.19. The minimum atomic E-state index is -0.260. The molecular weight excluding hydrogens is 399 g/mol. The number of likely N-dealkylation sites (tertiary alicyclic amines) is 1. The molecule has 22 heavy (non-hydrogen) atoms. The van der Waals surface area contributed by atoms with E-state index in [-0.39, 0.29) is 47.7 Å². The van der Waals surface area contributed by atoms with Crippen LogP contribution >= 0.6 is 24.0 Å². The van der Waals surface area contributed by atoms with Crippen LogP contribution in [0.2, 0.25) is 0 Å². The molecule has 8 heteroatoms. The third kappa shape index (κ3) is 6.80. The Balaban J connectivity index is 0.00000441. The number of nitrogens with zero attached hydrogens (tertiary/aromatic N) is 2. The molecule has 3 N–H and O–H groups in total. The van der Waals surface area contributed by atoms with E-state index >= 15 is 0 Å². The van der Waals surface area contributed by atoms with Crippen LogP contribution in [0.5, 0.6) is 0 Å². The predicted molar refractivity (Wildman–Crippen MR) is 96.1 cm³/mol. The minimum Gasteiger partial charge on any atom is -0.469 e. The zero-order chi connectivity index (χ0) is 15.8. The number of aliphatic imine (C=N–C) groups is 1. The van der Waals surface area contributed by atoms with E-state index in [1.807, 2.05) is 0 Å². The molecular formula is C14H27IN4O3. The van der Waals surface area contributed by atoms with Crippen LogP contribution in [-0.4, -0.2) is 56.5 Å². The molecule has 0 bridgehead atoms. The van der Waals surface area contributed by atoms with Gasteiger partial charge in [-0.2, -0.15) is 0 Å². The molecule has 0 aliphatic carbocycles. The number of piperidine rings is 1. The van der Waals surface area contributed by atoms with E-state index in [1.165, 1.54) is 7.11 Å². The number of esters is 1. The van der Waals surface area contributed by atoms with E-state index in [9.17, 15) is 9.59 Å². The van der Waals surface area contributed by atoms with E-state index in [0.29, 0.717) is 13.0 Å². The summed E-state index contributed by atoms with van der Waals surface area (Å²) < 4.78 is 4.70. The van der Waals surface area contributed by atoms with Gasteiger partial charge in [-0.1, -0.05) is 6.92 Å². The molecule has 1 aliphatic heterocycles. The second-order valence-electron chi connectivity index (χ2n) is 5.48. The molecule has 1 saturated heterocycles. The number of halogens is 1. The molecule has 2 unspecified atom stereocenters. The Kier molecular flexibility index (Phi) is 10.1. The van der Waals surface area contributed by atoms with Gasteiger partial charge in [0.2, 0.25) is 5.91 Å². The van der Waals surface area contributed by atoms with E-state index in [1.54, 1.807) is 14.0 Å². The number of hydrogen-bond acceptors (Lipinski definition) is 4. The number of ether oxygens (including phenoxy) is 1. The van der Waals surface area contributed by atoms with E-state index in [2.05, 4.69) is 15.2 Å². The fourth-order valence-electron chi connectivity index (χ4n) is 2.57. The number of hydrogen-bond donors (Lipinski definition) is 2. The number of primary amides is 1. The highest BCUT2D eigenvalue weighted by atomic mass is 127. The summed E-state index contributed by atoms with van der Waals surface area (Å²) in [6.07, 6.45) is 2.42. The molecule has 7 nitrogen and oxygen atoms in total. The second kappa shape index (κ2) is 10.6. The van der Waals surface area contributed by atoms with Gasteiger partial charge in [-0.3, -0.25) is 14.6 Å². The fourth-order valence-corrected chi connectivity index (χ4v) is 2.57. The summed E-state index contributed by atoms with van der Waals surface area (Å²) in [6.45, 7) is 3.92. The Labute approximate surface area is 149 Å². The minimum absolute atomic E-state index is 0. The van der Waals surface area contributed by atoms with Crippen molar-refractivity contribution in [1.82, 2.24) is 10.2 Å². The monoisotopic (exact) mass is 426 g/mol. The highest BCUT2D eigenvalue weighted by Gasteiger charge is 2.24. The number of rotatable bonds is 5. The molecule has 0 spiro atoms. The van der Waals surface area contributed by atoms with Crippen LogP contribution in [-0.2, 0) is 14.3 Å². The van der Waals surface area contributed by atoms with Crippen LogP contribution in [0.3, 0.4) is 0 Å². The molecule has 1 fully saturated rings. The maximum Gasteiger partial charge on any atom is 0.310 e. The van der Waals surface area contributed by atoms with Crippen molar-refractivity contribution in [3.8, 4) is 0 Å². The van der Waals surface area contributed by atoms with E-state index in [0.717, 1.165) is 31.9 Å². The molecule has 2 atom stereocenters. The van der Waals surface area contributed by atoms with Crippen molar-refractivity contribution in [1.29, 1.82) is 0 Å². The zero-order valence-corrected chi connectivity index (χ0v) is 15.8. The Morgan fingerprint density at radius 3 is 2.73 bits per heavy atom. The van der Waals surface area contributed by atoms with Crippen molar-refractivity contribution in [2.75, 3.05) is 33.8 Å². The molecule has 1 heterocycles. The third-order valence-corrected chi connectivity index (χ3v) is 3.69. The lowest BCUT2D eigenvalue weighted by Crippen LogP contribution is -2.48. The van der Waals surface area contributed by atoms with Crippen molar-refractivity contribution < 1.29 is 14.3 Å². The highest BCUT2D eigenvalue weighted by molar-refractivity contribution is 14.0. The van der Waals surface area contributed by atoms with E-state index in [4.69, 9.17) is 10.5 Å². The first-order valence-corrected chi connectivity index (χ1v) is 7.29. The Hall–Kier alpha value is -1.06. The first-order valence-electron chi connectivity index (χ1n) is 7.29. The maximum atomic E-state index is 11.4. The van der Waals surface area contributed by atoms with Crippen LogP contribution in [0.1, 0.15) is 26.2 Å². The van der Waals surface area contributed by atoms with Gasteiger partial charge in [0.05, 0.1) is 13.0 Å². The second-order valence-corrected chi connectivity index (χ2v) is 5.48. The van der Waals surface area contributed by atoms with Gasteiger partial charge in [0.25, 0.3) is 0 Å². The van der Waals surface area contributed by atoms with Crippen LogP contribution in [0.4, 0.5) is 0 Å². The molecule has 0 saturated carbocycles. The first kappa shape index (κ1) is 20.9. The summed E-state index contributed by atoms with van der Waals surface area (Å²) in [5.74, 6) is 0.276. The molecule has 1 amide bonds. The largest absolute Gasteiger partial charge is 0.469 e. The summed E-state index contributed by atoms with van der Waals surface area (Å²) >= 11 is 0. The van der Waals surface area contributed by atoms with Gasteiger partial charge in [0.1, 0.15) is 0 Å². The zero-order valence-electron chi connectivity index (χ0n) is 13.5.